The molecule has 0 radical (unpaired) electrons. The number of carbonyl (C=O) groups excluding carboxylic acids is 1. The van der Waals surface area contributed by atoms with E-state index in [1.807, 2.05) is 48.8 Å². The highest BCUT2D eigenvalue weighted by molar-refractivity contribution is 7.10. The average Bonchev–Trinajstić information content (AvgIpc) is 3.04. The summed E-state index contributed by atoms with van der Waals surface area (Å²) in [6.07, 6.45) is 1.32. The van der Waals surface area contributed by atoms with Crippen LogP contribution in [0.15, 0.2) is 41.8 Å². The fourth-order valence-electron chi connectivity index (χ4n) is 3.00. The molecule has 122 valence electrons. The first-order chi connectivity index (χ1) is 11.7. The Hall–Kier alpha value is -2.47. The number of anilines is 2. The summed E-state index contributed by atoms with van der Waals surface area (Å²) in [5.41, 5.74) is 1.68. The summed E-state index contributed by atoms with van der Waals surface area (Å²) in [6, 6.07) is 11.8. The summed E-state index contributed by atoms with van der Waals surface area (Å²) in [6.45, 7) is 1.54. The van der Waals surface area contributed by atoms with E-state index in [1.54, 1.807) is 16.2 Å². The second kappa shape index (κ2) is 6.20. The molecule has 0 N–H and O–H groups in total. The van der Waals surface area contributed by atoms with E-state index in [2.05, 4.69) is 4.90 Å². The molecule has 1 aliphatic rings. The topological polar surface area (TPSA) is 49.3 Å². The Balaban J connectivity index is 1.77. The molecule has 5 nitrogen and oxygen atoms in total. The van der Waals surface area contributed by atoms with Crippen molar-refractivity contribution < 1.29 is 4.79 Å². The van der Waals surface area contributed by atoms with Gasteiger partial charge in [0.05, 0.1) is 17.5 Å². The highest BCUT2D eigenvalue weighted by atomic mass is 32.1. The number of nitrogens with zero attached hydrogens (tertiary/aromatic N) is 4. The number of aromatic nitrogens is 2. The summed E-state index contributed by atoms with van der Waals surface area (Å²) in [7, 11) is 2.01. The number of benzene rings is 1. The number of para-hydroxylation sites is 2. The maximum Gasteiger partial charge on any atom is 0.233 e. The average molecular weight is 338 g/mol. The molecule has 1 aliphatic heterocycles. The van der Waals surface area contributed by atoms with Gasteiger partial charge in [0.2, 0.25) is 5.91 Å². The van der Waals surface area contributed by atoms with Crippen LogP contribution < -0.4 is 9.80 Å². The zero-order valence-corrected chi connectivity index (χ0v) is 14.3. The molecule has 3 aromatic rings. The SMILES string of the molecule is CN1CCCN(C(=O)Cc2cccs2)c2nc3ccccc3nc21. The molecular formula is C18H18N4OS. The van der Waals surface area contributed by atoms with Crippen molar-refractivity contribution in [3.05, 3.63) is 46.7 Å². The third-order valence-electron chi connectivity index (χ3n) is 4.23. The Bertz CT molecular complexity index is 878. The first kappa shape index (κ1) is 15.1. The van der Waals surface area contributed by atoms with Crippen LogP contribution in [0.2, 0.25) is 0 Å². The molecule has 1 amide bonds. The van der Waals surface area contributed by atoms with Gasteiger partial charge >= 0.3 is 0 Å². The largest absolute Gasteiger partial charge is 0.357 e. The molecule has 0 fully saturated rings. The molecule has 3 heterocycles. The highest BCUT2D eigenvalue weighted by Crippen LogP contribution is 2.30. The number of carbonyl (C=O) groups is 1. The van der Waals surface area contributed by atoms with Crippen molar-refractivity contribution >= 4 is 39.9 Å². The van der Waals surface area contributed by atoms with Crippen molar-refractivity contribution in [1.82, 2.24) is 9.97 Å². The van der Waals surface area contributed by atoms with Gasteiger partial charge in [-0.3, -0.25) is 9.69 Å². The minimum atomic E-state index is 0.0820. The molecule has 24 heavy (non-hydrogen) atoms. The smallest absolute Gasteiger partial charge is 0.233 e. The minimum Gasteiger partial charge on any atom is -0.357 e. The molecule has 0 spiro atoms. The first-order valence-corrected chi connectivity index (χ1v) is 8.91. The van der Waals surface area contributed by atoms with Crippen molar-refractivity contribution in [3.63, 3.8) is 0 Å². The highest BCUT2D eigenvalue weighted by Gasteiger charge is 2.26. The predicted molar refractivity (Wildman–Crippen MR) is 97.8 cm³/mol. The molecule has 0 saturated carbocycles. The lowest BCUT2D eigenvalue weighted by molar-refractivity contribution is -0.118. The van der Waals surface area contributed by atoms with Crippen LogP contribution in [0.5, 0.6) is 0 Å². The Kier molecular flexibility index (Phi) is 3.90. The molecule has 2 aromatic heterocycles. The van der Waals surface area contributed by atoms with E-state index >= 15 is 0 Å². The Labute approximate surface area is 144 Å². The van der Waals surface area contributed by atoms with Crippen LogP contribution in [-0.4, -0.2) is 36.0 Å². The standard InChI is InChI=1S/C18H18N4OS/c1-21-9-5-10-22(16(23)12-13-6-4-11-24-13)18-17(21)19-14-7-2-3-8-15(14)20-18/h2-4,6-8,11H,5,9-10,12H2,1H3. The van der Waals surface area contributed by atoms with Gasteiger partial charge in [0.25, 0.3) is 0 Å². The van der Waals surface area contributed by atoms with E-state index in [-0.39, 0.29) is 5.91 Å². The van der Waals surface area contributed by atoms with Gasteiger partial charge in [-0.25, -0.2) is 9.97 Å². The van der Waals surface area contributed by atoms with Crippen molar-refractivity contribution in [3.8, 4) is 0 Å². The van der Waals surface area contributed by atoms with Crippen molar-refractivity contribution in [1.29, 1.82) is 0 Å². The maximum atomic E-state index is 12.9. The summed E-state index contributed by atoms with van der Waals surface area (Å²) < 4.78 is 0. The van der Waals surface area contributed by atoms with E-state index < -0.39 is 0 Å². The van der Waals surface area contributed by atoms with Gasteiger partial charge in [-0.15, -0.1) is 11.3 Å². The lowest BCUT2D eigenvalue weighted by atomic mass is 10.2. The minimum absolute atomic E-state index is 0.0820. The fraction of sp³-hybridized carbons (Fsp3) is 0.278. The van der Waals surface area contributed by atoms with Crippen molar-refractivity contribution in [2.24, 2.45) is 0 Å². The number of thiophene rings is 1. The van der Waals surface area contributed by atoms with Crippen molar-refractivity contribution in [2.45, 2.75) is 12.8 Å². The van der Waals surface area contributed by atoms with Crippen LogP contribution in [0.4, 0.5) is 11.6 Å². The number of rotatable bonds is 2. The molecule has 0 aliphatic carbocycles. The van der Waals surface area contributed by atoms with Gasteiger partial charge in [0, 0.05) is 25.0 Å². The Morgan fingerprint density at radius 1 is 1.08 bits per heavy atom. The lowest BCUT2D eigenvalue weighted by Gasteiger charge is -2.22. The Morgan fingerprint density at radius 3 is 2.54 bits per heavy atom. The lowest BCUT2D eigenvalue weighted by Crippen LogP contribution is -2.33. The second-order valence-corrected chi connectivity index (χ2v) is 6.97. The Morgan fingerprint density at radius 2 is 1.83 bits per heavy atom. The maximum absolute atomic E-state index is 12.9. The normalized spacial score (nSPS) is 14.5. The summed E-state index contributed by atoms with van der Waals surface area (Å²) in [5, 5.41) is 2.00. The number of fused-ring (bicyclic) bond motifs is 2. The van der Waals surface area contributed by atoms with Gasteiger partial charge in [-0.2, -0.15) is 0 Å². The number of hydrogen-bond acceptors (Lipinski definition) is 5. The monoisotopic (exact) mass is 338 g/mol. The van der Waals surface area contributed by atoms with Gasteiger partial charge < -0.3 is 4.90 Å². The summed E-state index contributed by atoms with van der Waals surface area (Å²) >= 11 is 1.61. The zero-order chi connectivity index (χ0) is 16.5. The molecule has 0 saturated heterocycles. The van der Waals surface area contributed by atoms with E-state index in [0.29, 0.717) is 18.8 Å². The molecule has 0 bridgehead atoms. The van der Waals surface area contributed by atoms with Crippen LogP contribution in [-0.2, 0) is 11.2 Å². The van der Waals surface area contributed by atoms with E-state index in [9.17, 15) is 4.79 Å². The van der Waals surface area contributed by atoms with Crippen molar-refractivity contribution in [2.75, 3.05) is 29.9 Å². The summed E-state index contributed by atoms with van der Waals surface area (Å²) in [4.78, 5) is 27.4. The first-order valence-electron chi connectivity index (χ1n) is 8.03. The van der Waals surface area contributed by atoms with Gasteiger partial charge in [-0.1, -0.05) is 18.2 Å². The van der Waals surface area contributed by atoms with Gasteiger partial charge in [0.1, 0.15) is 0 Å². The van der Waals surface area contributed by atoms with Crippen LogP contribution in [0.1, 0.15) is 11.3 Å². The third kappa shape index (κ3) is 2.73. The quantitative estimate of drug-likeness (QED) is 0.720. The van der Waals surface area contributed by atoms with Crippen LogP contribution >= 0.6 is 11.3 Å². The second-order valence-electron chi connectivity index (χ2n) is 5.94. The molecule has 4 rings (SSSR count). The third-order valence-corrected chi connectivity index (χ3v) is 5.11. The van der Waals surface area contributed by atoms with Crippen LogP contribution in [0, 0.1) is 0 Å². The van der Waals surface area contributed by atoms with Gasteiger partial charge in [-0.05, 0) is 30.0 Å². The van der Waals surface area contributed by atoms with Crippen LogP contribution in [0.25, 0.3) is 11.0 Å². The van der Waals surface area contributed by atoms with E-state index in [1.165, 1.54) is 0 Å². The number of hydrogen-bond donors (Lipinski definition) is 0. The predicted octanol–water partition coefficient (Wildman–Crippen LogP) is 3.11. The fourth-order valence-corrected chi connectivity index (χ4v) is 3.69. The van der Waals surface area contributed by atoms with Gasteiger partial charge in [0.15, 0.2) is 11.6 Å². The zero-order valence-electron chi connectivity index (χ0n) is 13.5. The number of amides is 1. The van der Waals surface area contributed by atoms with E-state index in [4.69, 9.17) is 9.97 Å². The molecule has 0 unspecified atom stereocenters. The summed E-state index contributed by atoms with van der Waals surface area (Å²) in [5.74, 6) is 1.54. The van der Waals surface area contributed by atoms with E-state index in [0.717, 1.165) is 34.7 Å². The molecule has 6 heteroatoms. The molecular weight excluding hydrogens is 320 g/mol. The molecule has 0 atom stereocenters. The van der Waals surface area contributed by atoms with Crippen LogP contribution in [0.3, 0.4) is 0 Å². The molecule has 1 aromatic carbocycles.